The minimum atomic E-state index is -0.141. The molecular formula is C25H31ClN4O2. The van der Waals surface area contributed by atoms with Crippen molar-refractivity contribution >= 4 is 29.2 Å². The summed E-state index contributed by atoms with van der Waals surface area (Å²) < 4.78 is 0. The normalized spacial score (nSPS) is 20.0. The first-order valence-electron chi connectivity index (χ1n) is 11.4. The van der Waals surface area contributed by atoms with E-state index in [1.807, 2.05) is 42.5 Å². The van der Waals surface area contributed by atoms with E-state index < -0.39 is 0 Å². The Balaban J connectivity index is 1.21. The second kappa shape index (κ2) is 10.8. The Hall–Kier alpha value is -2.57. The van der Waals surface area contributed by atoms with Crippen LogP contribution in [0.2, 0.25) is 5.02 Å². The number of hydrogen-bond donors (Lipinski definition) is 2. The summed E-state index contributed by atoms with van der Waals surface area (Å²) in [5.74, 6) is -0.0595. The lowest BCUT2D eigenvalue weighted by molar-refractivity contribution is -0.127. The van der Waals surface area contributed by atoms with Gasteiger partial charge in [-0.25, -0.2) is 4.79 Å². The molecule has 7 heteroatoms. The molecule has 2 aromatic rings. The van der Waals surface area contributed by atoms with Gasteiger partial charge < -0.3 is 15.5 Å². The summed E-state index contributed by atoms with van der Waals surface area (Å²) in [6, 6.07) is 17.5. The number of rotatable bonds is 5. The van der Waals surface area contributed by atoms with Crippen LogP contribution in [-0.4, -0.2) is 54.0 Å². The lowest BCUT2D eigenvalue weighted by atomic mass is 9.96. The number of carbonyl (C=O) groups excluding carboxylic acids is 2. The average Bonchev–Trinajstić information content (AvgIpc) is 2.82. The first kappa shape index (κ1) is 22.6. The van der Waals surface area contributed by atoms with Gasteiger partial charge in [0.05, 0.1) is 5.92 Å². The largest absolute Gasteiger partial charge is 0.353 e. The number of amides is 3. The number of piperidine rings is 2. The second-order valence-electron chi connectivity index (χ2n) is 8.77. The summed E-state index contributed by atoms with van der Waals surface area (Å²) >= 11 is 5.97. The van der Waals surface area contributed by atoms with Crippen LogP contribution in [0.4, 0.5) is 10.5 Å². The third-order valence-electron chi connectivity index (χ3n) is 6.36. The maximum absolute atomic E-state index is 12.9. The third kappa shape index (κ3) is 6.24. The molecule has 2 aliphatic rings. The van der Waals surface area contributed by atoms with Gasteiger partial charge in [-0.2, -0.15) is 0 Å². The number of hydrogen-bond acceptors (Lipinski definition) is 3. The predicted octanol–water partition coefficient (Wildman–Crippen LogP) is 4.36. The number of para-hydroxylation sites is 1. The van der Waals surface area contributed by atoms with Crippen molar-refractivity contribution in [3.05, 3.63) is 65.2 Å². The molecule has 6 nitrogen and oxygen atoms in total. The van der Waals surface area contributed by atoms with Crippen LogP contribution in [0, 0.1) is 5.92 Å². The summed E-state index contributed by atoms with van der Waals surface area (Å²) in [6.45, 7) is 3.99. The van der Waals surface area contributed by atoms with E-state index in [2.05, 4.69) is 27.7 Å². The Morgan fingerprint density at radius 3 is 2.38 bits per heavy atom. The van der Waals surface area contributed by atoms with E-state index in [1.54, 1.807) is 4.90 Å². The molecule has 32 heavy (non-hydrogen) atoms. The molecule has 0 radical (unpaired) electrons. The molecule has 1 atom stereocenters. The SMILES string of the molecule is O=C(NC1CCN(Cc2ccc(Cl)cc2)CC1)[C@@H]1CCCN(C(=O)Nc2ccccc2)C1. The number of benzene rings is 2. The first-order chi connectivity index (χ1) is 15.6. The van der Waals surface area contributed by atoms with Crippen molar-refractivity contribution in [3.63, 3.8) is 0 Å². The maximum atomic E-state index is 12.9. The van der Waals surface area contributed by atoms with Gasteiger partial charge in [0.1, 0.15) is 0 Å². The maximum Gasteiger partial charge on any atom is 0.321 e. The monoisotopic (exact) mass is 454 g/mol. The molecule has 3 amide bonds. The van der Waals surface area contributed by atoms with E-state index in [9.17, 15) is 9.59 Å². The topological polar surface area (TPSA) is 64.7 Å². The Morgan fingerprint density at radius 1 is 0.938 bits per heavy atom. The fourth-order valence-corrected chi connectivity index (χ4v) is 4.63. The number of carbonyl (C=O) groups is 2. The lowest BCUT2D eigenvalue weighted by Crippen LogP contribution is -2.50. The zero-order chi connectivity index (χ0) is 22.3. The van der Waals surface area contributed by atoms with Crippen LogP contribution in [-0.2, 0) is 11.3 Å². The van der Waals surface area contributed by atoms with Crippen molar-refractivity contribution in [1.29, 1.82) is 0 Å². The number of urea groups is 1. The van der Waals surface area contributed by atoms with Gasteiger partial charge in [0.15, 0.2) is 0 Å². The van der Waals surface area contributed by atoms with Gasteiger partial charge in [-0.3, -0.25) is 9.69 Å². The van der Waals surface area contributed by atoms with Crippen molar-refractivity contribution in [2.24, 2.45) is 5.92 Å². The van der Waals surface area contributed by atoms with Gasteiger partial charge in [0.25, 0.3) is 0 Å². The van der Waals surface area contributed by atoms with E-state index in [0.717, 1.165) is 56.0 Å². The zero-order valence-electron chi connectivity index (χ0n) is 18.3. The van der Waals surface area contributed by atoms with E-state index in [-0.39, 0.29) is 23.9 Å². The first-order valence-corrected chi connectivity index (χ1v) is 11.8. The molecule has 0 aliphatic carbocycles. The predicted molar refractivity (Wildman–Crippen MR) is 128 cm³/mol. The highest BCUT2D eigenvalue weighted by Gasteiger charge is 2.30. The van der Waals surface area contributed by atoms with Crippen LogP contribution in [0.5, 0.6) is 0 Å². The molecule has 2 saturated heterocycles. The van der Waals surface area contributed by atoms with Crippen LogP contribution in [0.15, 0.2) is 54.6 Å². The van der Waals surface area contributed by atoms with E-state index in [4.69, 9.17) is 11.6 Å². The van der Waals surface area contributed by atoms with Crippen LogP contribution in [0.25, 0.3) is 0 Å². The Kier molecular flexibility index (Phi) is 7.66. The standard InChI is InChI=1S/C25H31ClN4O2/c26-21-10-8-19(9-11-21)17-29-15-12-23(13-16-29)27-24(31)20-5-4-14-30(18-20)25(32)28-22-6-2-1-3-7-22/h1-3,6-11,20,23H,4-5,12-18H2,(H,27,31)(H,28,32)/t20-/m1/s1. The van der Waals surface area contributed by atoms with Crippen molar-refractivity contribution in [1.82, 2.24) is 15.1 Å². The Bertz CT molecular complexity index is 898. The summed E-state index contributed by atoms with van der Waals surface area (Å²) in [5.41, 5.74) is 2.03. The second-order valence-corrected chi connectivity index (χ2v) is 9.20. The molecule has 2 heterocycles. The van der Waals surface area contributed by atoms with E-state index >= 15 is 0 Å². The lowest BCUT2D eigenvalue weighted by Gasteiger charge is -2.35. The van der Waals surface area contributed by atoms with Crippen molar-refractivity contribution in [2.75, 3.05) is 31.5 Å². The number of halogens is 1. The van der Waals surface area contributed by atoms with Crippen LogP contribution < -0.4 is 10.6 Å². The van der Waals surface area contributed by atoms with Gasteiger partial charge in [-0.15, -0.1) is 0 Å². The van der Waals surface area contributed by atoms with E-state index in [1.165, 1.54) is 5.56 Å². The van der Waals surface area contributed by atoms with Crippen molar-refractivity contribution in [2.45, 2.75) is 38.3 Å². The number of likely N-dealkylation sites (tertiary alicyclic amines) is 2. The highest BCUT2D eigenvalue weighted by Crippen LogP contribution is 2.20. The molecule has 4 rings (SSSR count). The number of anilines is 1. The van der Waals surface area contributed by atoms with Crippen molar-refractivity contribution < 1.29 is 9.59 Å². The fraction of sp³-hybridized carbons (Fsp3) is 0.440. The minimum Gasteiger partial charge on any atom is -0.353 e. The number of nitrogens with zero attached hydrogens (tertiary/aromatic N) is 2. The molecule has 2 N–H and O–H groups in total. The van der Waals surface area contributed by atoms with Gasteiger partial charge in [0.2, 0.25) is 5.91 Å². The summed E-state index contributed by atoms with van der Waals surface area (Å²) in [6.07, 6.45) is 3.57. The molecule has 170 valence electrons. The van der Waals surface area contributed by atoms with Crippen LogP contribution >= 0.6 is 11.6 Å². The smallest absolute Gasteiger partial charge is 0.321 e. The van der Waals surface area contributed by atoms with Crippen LogP contribution in [0.3, 0.4) is 0 Å². The molecular weight excluding hydrogens is 424 g/mol. The summed E-state index contributed by atoms with van der Waals surface area (Å²) in [7, 11) is 0. The Morgan fingerprint density at radius 2 is 1.66 bits per heavy atom. The fourth-order valence-electron chi connectivity index (χ4n) is 4.50. The molecule has 0 aromatic heterocycles. The summed E-state index contributed by atoms with van der Waals surface area (Å²) in [4.78, 5) is 29.7. The molecule has 2 fully saturated rings. The van der Waals surface area contributed by atoms with Crippen LogP contribution in [0.1, 0.15) is 31.2 Å². The highest BCUT2D eigenvalue weighted by molar-refractivity contribution is 6.30. The number of nitrogens with one attached hydrogen (secondary N) is 2. The zero-order valence-corrected chi connectivity index (χ0v) is 19.1. The minimum absolute atomic E-state index is 0.0818. The van der Waals surface area contributed by atoms with Gasteiger partial charge in [0, 0.05) is 49.5 Å². The van der Waals surface area contributed by atoms with E-state index in [0.29, 0.717) is 13.1 Å². The molecule has 2 aromatic carbocycles. The average molecular weight is 455 g/mol. The van der Waals surface area contributed by atoms with Gasteiger partial charge in [-0.05, 0) is 55.5 Å². The van der Waals surface area contributed by atoms with Gasteiger partial charge >= 0.3 is 6.03 Å². The molecule has 2 aliphatic heterocycles. The Labute approximate surface area is 194 Å². The quantitative estimate of drug-likeness (QED) is 0.705. The third-order valence-corrected chi connectivity index (χ3v) is 6.61. The highest BCUT2D eigenvalue weighted by atomic mass is 35.5. The molecule has 0 bridgehead atoms. The van der Waals surface area contributed by atoms with Gasteiger partial charge in [-0.1, -0.05) is 41.9 Å². The summed E-state index contributed by atoms with van der Waals surface area (Å²) in [5, 5.41) is 6.93. The molecule has 0 spiro atoms. The molecule has 0 unspecified atom stereocenters. The molecule has 0 saturated carbocycles. The van der Waals surface area contributed by atoms with Crippen molar-refractivity contribution in [3.8, 4) is 0 Å².